The van der Waals surface area contributed by atoms with Crippen LogP contribution in [0.2, 0.25) is 0 Å². The first-order chi connectivity index (χ1) is 20.0. The molecular weight excluding hydrogens is 643 g/mol. The number of hydrogen-bond acceptors (Lipinski definition) is 7. The SMILES string of the molecule is Cc1ccc(CN2CC[C@H]3[C@H](CC(Cn4cccn4)N3C)C2)s1.O=C(O)C(F)(F)F.O=C(O)C(F)(F)F.O=C(O)C(F)(F)F. The molecular formula is C24H29F9N4O6S. The zero-order valence-electron chi connectivity index (χ0n) is 23.0. The molecule has 0 saturated carbocycles. The van der Waals surface area contributed by atoms with E-state index in [0.717, 1.165) is 25.0 Å². The molecule has 2 aliphatic heterocycles. The van der Waals surface area contributed by atoms with E-state index in [1.165, 1.54) is 35.7 Å². The lowest BCUT2D eigenvalue weighted by atomic mass is 9.92. The van der Waals surface area contributed by atoms with Crippen LogP contribution in [0.4, 0.5) is 39.5 Å². The topological polar surface area (TPSA) is 136 Å². The number of alkyl halides is 9. The number of rotatable bonds is 4. The molecule has 3 atom stereocenters. The highest BCUT2D eigenvalue weighted by atomic mass is 32.1. The van der Waals surface area contributed by atoms with Crippen LogP contribution in [0, 0.1) is 12.8 Å². The van der Waals surface area contributed by atoms with E-state index in [4.69, 9.17) is 29.7 Å². The van der Waals surface area contributed by atoms with Gasteiger partial charge in [0.15, 0.2) is 0 Å². The smallest absolute Gasteiger partial charge is 0.475 e. The number of hydrogen-bond donors (Lipinski definition) is 3. The number of thiophene rings is 1. The molecule has 0 radical (unpaired) electrons. The molecule has 4 heterocycles. The predicted molar refractivity (Wildman–Crippen MR) is 136 cm³/mol. The van der Waals surface area contributed by atoms with Gasteiger partial charge in [0.2, 0.25) is 0 Å². The Kier molecular flexibility index (Phi) is 14.1. The highest BCUT2D eigenvalue weighted by Gasteiger charge is 2.42. The van der Waals surface area contributed by atoms with Crippen molar-refractivity contribution in [2.45, 2.75) is 63.5 Å². The van der Waals surface area contributed by atoms with Gasteiger partial charge in [-0.2, -0.15) is 44.6 Å². The van der Waals surface area contributed by atoms with Crippen LogP contribution < -0.4 is 0 Å². The fourth-order valence-electron chi connectivity index (χ4n) is 4.41. The number of likely N-dealkylation sites (tertiary alicyclic amines) is 2. The highest BCUT2D eigenvalue weighted by Crippen LogP contribution is 2.35. The summed E-state index contributed by atoms with van der Waals surface area (Å²) in [5.41, 5.74) is 0. The molecule has 44 heavy (non-hydrogen) atoms. The van der Waals surface area contributed by atoms with Crippen molar-refractivity contribution < 1.29 is 69.2 Å². The molecule has 2 saturated heterocycles. The molecule has 250 valence electrons. The van der Waals surface area contributed by atoms with E-state index in [0.29, 0.717) is 6.04 Å². The van der Waals surface area contributed by atoms with E-state index < -0.39 is 36.4 Å². The molecule has 2 fully saturated rings. The Hall–Kier alpha value is -3.39. The third-order valence-corrected chi connectivity index (χ3v) is 7.30. The van der Waals surface area contributed by atoms with Gasteiger partial charge in [0.1, 0.15) is 0 Å². The second kappa shape index (κ2) is 16.1. The Bertz CT molecular complexity index is 1150. The largest absolute Gasteiger partial charge is 0.490 e. The number of piperidine rings is 1. The zero-order valence-corrected chi connectivity index (χ0v) is 23.8. The van der Waals surface area contributed by atoms with E-state index in [9.17, 15) is 39.5 Å². The van der Waals surface area contributed by atoms with Gasteiger partial charge in [0, 0.05) is 53.9 Å². The summed E-state index contributed by atoms with van der Waals surface area (Å²) < 4.78 is 97.3. The highest BCUT2D eigenvalue weighted by molar-refractivity contribution is 7.11. The number of nitrogens with zero attached hydrogens (tertiary/aromatic N) is 4. The number of carbonyl (C=O) groups is 3. The lowest BCUT2D eigenvalue weighted by Crippen LogP contribution is -2.45. The van der Waals surface area contributed by atoms with E-state index >= 15 is 0 Å². The number of aromatic nitrogens is 2. The Labute approximate surface area is 248 Å². The molecule has 3 N–H and O–H groups in total. The minimum Gasteiger partial charge on any atom is -0.475 e. The minimum absolute atomic E-state index is 0.633. The fourth-order valence-corrected chi connectivity index (χ4v) is 5.34. The average molecular weight is 673 g/mol. The van der Waals surface area contributed by atoms with Gasteiger partial charge in [-0.15, -0.1) is 11.3 Å². The third-order valence-electron chi connectivity index (χ3n) is 6.31. The minimum atomic E-state index is -5.08. The molecule has 0 amide bonds. The first-order valence-electron chi connectivity index (χ1n) is 12.4. The second-order valence-corrected chi connectivity index (χ2v) is 10.9. The number of carboxylic acid groups (broad SMARTS) is 3. The molecule has 2 aromatic heterocycles. The average Bonchev–Trinajstić information content (AvgIpc) is 3.60. The molecule has 20 heteroatoms. The standard InChI is InChI=1S/C18H26N4S.3C2HF3O2/c1-14-4-5-17(23-14)13-21-9-6-18-15(11-21)10-16(20(18)2)12-22-8-3-7-19-22;3*3-2(4,5)1(6)7/h3-5,7-8,15-16,18H,6,9-13H2,1-2H3;3*(H,6,7)/t15-,16?,18+;;;/m1.../s1. The van der Waals surface area contributed by atoms with Crippen molar-refractivity contribution in [1.82, 2.24) is 19.6 Å². The van der Waals surface area contributed by atoms with Crippen molar-refractivity contribution in [3.05, 3.63) is 40.3 Å². The van der Waals surface area contributed by atoms with Crippen molar-refractivity contribution >= 4 is 29.2 Å². The predicted octanol–water partition coefficient (Wildman–Crippen LogP) is 4.75. The summed E-state index contributed by atoms with van der Waals surface area (Å²) >= 11 is 1.95. The Morgan fingerprint density at radius 1 is 0.932 bits per heavy atom. The summed E-state index contributed by atoms with van der Waals surface area (Å²) in [5.74, 6) is -7.46. The number of fused-ring (bicyclic) bond motifs is 1. The van der Waals surface area contributed by atoms with Crippen LogP contribution in [0.25, 0.3) is 0 Å². The fraction of sp³-hybridized carbons (Fsp3) is 0.583. The maximum atomic E-state index is 10.6. The number of halogens is 9. The summed E-state index contributed by atoms with van der Waals surface area (Å²) in [6.45, 7) is 6.85. The van der Waals surface area contributed by atoms with Gasteiger partial charge in [-0.1, -0.05) is 0 Å². The van der Waals surface area contributed by atoms with Crippen LogP contribution in [0.1, 0.15) is 22.6 Å². The lowest BCUT2D eigenvalue weighted by molar-refractivity contribution is -0.193. The Balaban J connectivity index is 0.000000379. The van der Waals surface area contributed by atoms with E-state index in [-0.39, 0.29) is 0 Å². The molecule has 0 aliphatic carbocycles. The molecule has 2 aromatic rings. The molecule has 4 rings (SSSR count). The maximum absolute atomic E-state index is 10.6. The Morgan fingerprint density at radius 2 is 1.43 bits per heavy atom. The summed E-state index contributed by atoms with van der Waals surface area (Å²) in [6, 6.07) is 7.96. The monoisotopic (exact) mass is 672 g/mol. The van der Waals surface area contributed by atoms with Crippen LogP contribution in [0.5, 0.6) is 0 Å². The number of likely N-dealkylation sites (N-methyl/N-ethyl adjacent to an activating group) is 1. The number of aliphatic carboxylic acids is 3. The molecule has 1 unspecified atom stereocenters. The molecule has 0 aromatic carbocycles. The van der Waals surface area contributed by atoms with Crippen molar-refractivity contribution in [3.63, 3.8) is 0 Å². The first-order valence-corrected chi connectivity index (χ1v) is 13.2. The van der Waals surface area contributed by atoms with Gasteiger partial charge in [-0.05, 0) is 50.9 Å². The van der Waals surface area contributed by atoms with Gasteiger partial charge in [-0.3, -0.25) is 14.5 Å². The molecule has 2 aliphatic rings. The molecule has 0 spiro atoms. The van der Waals surface area contributed by atoms with Gasteiger partial charge in [-0.25, -0.2) is 14.4 Å². The second-order valence-electron chi connectivity index (χ2n) is 9.56. The molecule has 10 nitrogen and oxygen atoms in total. The van der Waals surface area contributed by atoms with Crippen molar-refractivity contribution in [2.75, 3.05) is 20.1 Å². The lowest BCUT2D eigenvalue weighted by Gasteiger charge is -2.37. The van der Waals surface area contributed by atoms with Gasteiger partial charge >= 0.3 is 36.4 Å². The third kappa shape index (κ3) is 13.5. The van der Waals surface area contributed by atoms with Gasteiger partial charge in [0.25, 0.3) is 0 Å². The van der Waals surface area contributed by atoms with E-state index in [1.807, 2.05) is 23.6 Å². The summed E-state index contributed by atoms with van der Waals surface area (Å²) in [6.07, 6.45) is -8.67. The zero-order chi connectivity index (χ0) is 34.0. The van der Waals surface area contributed by atoms with Crippen LogP contribution in [0.3, 0.4) is 0 Å². The number of carboxylic acids is 3. The van der Waals surface area contributed by atoms with Crippen LogP contribution in [-0.4, -0.2) is 104 Å². The quantitative estimate of drug-likeness (QED) is 0.394. The normalized spacial score (nSPS) is 20.6. The summed E-state index contributed by atoms with van der Waals surface area (Å²) in [5, 5.41) is 25.8. The van der Waals surface area contributed by atoms with Gasteiger partial charge < -0.3 is 15.3 Å². The van der Waals surface area contributed by atoms with E-state index in [1.54, 1.807) is 0 Å². The van der Waals surface area contributed by atoms with Gasteiger partial charge in [0.05, 0.1) is 6.54 Å². The van der Waals surface area contributed by atoms with Crippen molar-refractivity contribution in [2.24, 2.45) is 5.92 Å². The molecule has 0 bridgehead atoms. The number of aryl methyl sites for hydroxylation is 1. The van der Waals surface area contributed by atoms with Crippen molar-refractivity contribution in [3.8, 4) is 0 Å². The first kappa shape index (κ1) is 38.6. The van der Waals surface area contributed by atoms with Crippen LogP contribution in [-0.2, 0) is 27.5 Å². The van der Waals surface area contributed by atoms with Crippen LogP contribution in [0.15, 0.2) is 30.6 Å². The van der Waals surface area contributed by atoms with Crippen molar-refractivity contribution in [1.29, 1.82) is 0 Å². The maximum Gasteiger partial charge on any atom is 0.490 e. The van der Waals surface area contributed by atoms with E-state index in [2.05, 4.69) is 51.9 Å². The van der Waals surface area contributed by atoms with Crippen LogP contribution >= 0.6 is 11.3 Å². The summed E-state index contributed by atoms with van der Waals surface area (Å²) in [4.78, 5) is 34.9. The summed E-state index contributed by atoms with van der Waals surface area (Å²) in [7, 11) is 2.32. The Morgan fingerprint density at radius 3 is 1.82 bits per heavy atom.